The Balaban J connectivity index is 1.92. The second-order valence-electron chi connectivity index (χ2n) is 4.25. The Morgan fingerprint density at radius 2 is 2.11 bits per heavy atom. The molecular weight excluding hydrogens is 264 g/mol. The Morgan fingerprint density at radius 1 is 1.37 bits per heavy atom. The van der Waals surface area contributed by atoms with Crippen molar-refractivity contribution in [2.75, 3.05) is 31.1 Å². The summed E-state index contributed by atoms with van der Waals surface area (Å²) in [7, 11) is 0. The number of thioether (sulfide) groups is 1. The van der Waals surface area contributed by atoms with E-state index in [4.69, 9.17) is 15.2 Å². The minimum atomic E-state index is -0.167. The van der Waals surface area contributed by atoms with E-state index in [-0.39, 0.29) is 12.7 Å². The third-order valence-corrected chi connectivity index (χ3v) is 3.55. The van der Waals surface area contributed by atoms with Gasteiger partial charge in [0.05, 0.1) is 5.56 Å². The van der Waals surface area contributed by atoms with Crippen molar-refractivity contribution in [1.29, 1.82) is 0 Å². The zero-order valence-electron chi connectivity index (χ0n) is 10.9. The van der Waals surface area contributed by atoms with Crippen LogP contribution in [0.3, 0.4) is 0 Å². The first-order valence-electron chi connectivity index (χ1n) is 6.18. The summed E-state index contributed by atoms with van der Waals surface area (Å²) in [5, 5.41) is 2.87. The average molecular weight is 282 g/mol. The molecular formula is C13H18N2O3S. The van der Waals surface area contributed by atoms with Crippen LogP contribution in [0, 0.1) is 0 Å². The molecule has 0 aromatic heterocycles. The van der Waals surface area contributed by atoms with E-state index >= 15 is 0 Å². The first-order chi connectivity index (χ1) is 9.22. The van der Waals surface area contributed by atoms with Crippen LogP contribution < -0.4 is 20.5 Å². The summed E-state index contributed by atoms with van der Waals surface area (Å²) in [6.45, 7) is 0.835. The minimum absolute atomic E-state index is 0.167. The van der Waals surface area contributed by atoms with E-state index in [1.807, 2.05) is 11.8 Å². The summed E-state index contributed by atoms with van der Waals surface area (Å²) in [6.07, 6.45) is 4.14. The average Bonchev–Trinajstić information content (AvgIpc) is 2.84. The van der Waals surface area contributed by atoms with Crippen LogP contribution >= 0.6 is 11.8 Å². The van der Waals surface area contributed by atoms with Gasteiger partial charge in [0, 0.05) is 18.3 Å². The van der Waals surface area contributed by atoms with Crippen LogP contribution in [0.2, 0.25) is 0 Å². The molecule has 0 fully saturated rings. The van der Waals surface area contributed by atoms with E-state index in [1.54, 1.807) is 12.1 Å². The number of fused-ring (bicyclic) bond motifs is 1. The lowest BCUT2D eigenvalue weighted by Crippen LogP contribution is -2.25. The highest BCUT2D eigenvalue weighted by atomic mass is 32.2. The van der Waals surface area contributed by atoms with Crippen LogP contribution in [-0.4, -0.2) is 31.3 Å². The second-order valence-corrected chi connectivity index (χ2v) is 5.23. The number of hydrogen-bond acceptors (Lipinski definition) is 5. The standard InChI is InChI=1S/C13H18N2O3S/c1-19-5-3-2-4-15-13(16)9-6-11-12(7-10(9)14)18-8-17-11/h6-7H,2-5,8,14H2,1H3,(H,15,16). The summed E-state index contributed by atoms with van der Waals surface area (Å²) < 4.78 is 10.4. The van der Waals surface area contributed by atoms with Gasteiger partial charge in [-0.25, -0.2) is 0 Å². The Kier molecular flexibility index (Phi) is 4.79. The quantitative estimate of drug-likeness (QED) is 0.615. The molecule has 0 bridgehead atoms. The molecule has 1 aliphatic heterocycles. The molecule has 104 valence electrons. The molecule has 1 heterocycles. The van der Waals surface area contributed by atoms with E-state index in [1.165, 1.54) is 0 Å². The Bertz CT molecular complexity index is 465. The van der Waals surface area contributed by atoms with Crippen molar-refractivity contribution >= 4 is 23.4 Å². The summed E-state index contributed by atoms with van der Waals surface area (Å²) in [6, 6.07) is 3.26. The van der Waals surface area contributed by atoms with Crippen LogP contribution in [-0.2, 0) is 0 Å². The fourth-order valence-electron chi connectivity index (χ4n) is 1.82. The zero-order valence-corrected chi connectivity index (χ0v) is 11.7. The molecule has 2 rings (SSSR count). The number of nitrogens with one attached hydrogen (secondary N) is 1. The summed E-state index contributed by atoms with van der Waals surface area (Å²) in [4.78, 5) is 12.0. The van der Waals surface area contributed by atoms with Gasteiger partial charge in [0.1, 0.15) is 0 Å². The van der Waals surface area contributed by atoms with Crippen molar-refractivity contribution < 1.29 is 14.3 Å². The molecule has 3 N–H and O–H groups in total. The number of amides is 1. The topological polar surface area (TPSA) is 73.6 Å². The third-order valence-electron chi connectivity index (χ3n) is 2.85. The SMILES string of the molecule is CSCCCCNC(=O)c1cc2c(cc1N)OCO2. The molecule has 19 heavy (non-hydrogen) atoms. The fraction of sp³-hybridized carbons (Fsp3) is 0.462. The largest absolute Gasteiger partial charge is 0.454 e. The summed E-state index contributed by atoms with van der Waals surface area (Å²) in [5.74, 6) is 2.11. The normalized spacial score (nSPS) is 12.5. The van der Waals surface area contributed by atoms with E-state index in [2.05, 4.69) is 11.6 Å². The van der Waals surface area contributed by atoms with Gasteiger partial charge in [0.15, 0.2) is 11.5 Å². The zero-order chi connectivity index (χ0) is 13.7. The number of rotatable bonds is 6. The molecule has 0 spiro atoms. The lowest BCUT2D eigenvalue weighted by atomic mass is 10.1. The van der Waals surface area contributed by atoms with Gasteiger partial charge in [-0.2, -0.15) is 11.8 Å². The van der Waals surface area contributed by atoms with Gasteiger partial charge >= 0.3 is 0 Å². The lowest BCUT2D eigenvalue weighted by Gasteiger charge is -2.08. The van der Waals surface area contributed by atoms with Crippen LogP contribution in [0.25, 0.3) is 0 Å². The first-order valence-corrected chi connectivity index (χ1v) is 7.58. The Labute approximate surface area is 116 Å². The minimum Gasteiger partial charge on any atom is -0.454 e. The summed E-state index contributed by atoms with van der Waals surface area (Å²) in [5.41, 5.74) is 6.69. The summed E-state index contributed by atoms with van der Waals surface area (Å²) >= 11 is 1.81. The van der Waals surface area contributed by atoms with Crippen molar-refractivity contribution in [2.45, 2.75) is 12.8 Å². The number of hydrogen-bond donors (Lipinski definition) is 2. The van der Waals surface area contributed by atoms with Gasteiger partial charge in [-0.1, -0.05) is 0 Å². The lowest BCUT2D eigenvalue weighted by molar-refractivity contribution is 0.0953. The maximum atomic E-state index is 12.0. The number of benzene rings is 1. The number of carbonyl (C=O) groups is 1. The van der Waals surface area contributed by atoms with Gasteiger partial charge < -0.3 is 20.5 Å². The van der Waals surface area contributed by atoms with E-state index < -0.39 is 0 Å². The molecule has 1 aromatic rings. The Hall–Kier alpha value is -1.56. The van der Waals surface area contributed by atoms with Gasteiger partial charge in [0.25, 0.3) is 5.91 Å². The van der Waals surface area contributed by atoms with Crippen molar-refractivity contribution in [2.24, 2.45) is 0 Å². The van der Waals surface area contributed by atoms with Crippen molar-refractivity contribution in [3.8, 4) is 11.5 Å². The van der Waals surface area contributed by atoms with Crippen LogP contribution in [0.5, 0.6) is 11.5 Å². The number of unbranched alkanes of at least 4 members (excludes halogenated alkanes) is 1. The molecule has 0 saturated heterocycles. The van der Waals surface area contributed by atoms with E-state index in [0.29, 0.717) is 29.3 Å². The number of nitrogens with two attached hydrogens (primary N) is 1. The van der Waals surface area contributed by atoms with Crippen molar-refractivity contribution in [3.05, 3.63) is 17.7 Å². The highest BCUT2D eigenvalue weighted by Gasteiger charge is 2.19. The molecule has 5 nitrogen and oxygen atoms in total. The van der Waals surface area contributed by atoms with Gasteiger partial charge in [-0.3, -0.25) is 4.79 Å². The molecule has 1 aliphatic rings. The molecule has 0 radical (unpaired) electrons. The highest BCUT2D eigenvalue weighted by molar-refractivity contribution is 7.98. The number of nitrogen functional groups attached to an aromatic ring is 1. The third kappa shape index (κ3) is 3.47. The van der Waals surface area contributed by atoms with Gasteiger partial charge in [0.2, 0.25) is 6.79 Å². The van der Waals surface area contributed by atoms with E-state index in [9.17, 15) is 4.79 Å². The molecule has 1 amide bonds. The van der Waals surface area contributed by atoms with Crippen LogP contribution in [0.1, 0.15) is 23.2 Å². The molecule has 0 unspecified atom stereocenters. The predicted octanol–water partition coefficient (Wildman–Crippen LogP) is 1.87. The monoisotopic (exact) mass is 282 g/mol. The van der Waals surface area contributed by atoms with Crippen molar-refractivity contribution in [3.63, 3.8) is 0 Å². The molecule has 6 heteroatoms. The number of ether oxygens (including phenoxy) is 2. The molecule has 0 saturated carbocycles. The highest BCUT2D eigenvalue weighted by Crippen LogP contribution is 2.35. The smallest absolute Gasteiger partial charge is 0.253 e. The van der Waals surface area contributed by atoms with E-state index in [0.717, 1.165) is 18.6 Å². The molecule has 1 aromatic carbocycles. The van der Waals surface area contributed by atoms with Crippen LogP contribution in [0.4, 0.5) is 5.69 Å². The van der Waals surface area contributed by atoms with Gasteiger partial charge in [-0.15, -0.1) is 0 Å². The first kappa shape index (κ1) is 13.9. The second kappa shape index (κ2) is 6.56. The molecule has 0 aliphatic carbocycles. The van der Waals surface area contributed by atoms with Crippen molar-refractivity contribution in [1.82, 2.24) is 5.32 Å². The fourth-order valence-corrected chi connectivity index (χ4v) is 2.32. The maximum Gasteiger partial charge on any atom is 0.253 e. The van der Waals surface area contributed by atoms with Gasteiger partial charge in [-0.05, 0) is 30.9 Å². The van der Waals surface area contributed by atoms with Crippen LogP contribution in [0.15, 0.2) is 12.1 Å². The predicted molar refractivity (Wildman–Crippen MR) is 76.9 cm³/mol. The number of carbonyl (C=O) groups excluding carboxylic acids is 1. The Morgan fingerprint density at radius 3 is 2.84 bits per heavy atom. The maximum absolute atomic E-state index is 12.0. The molecule has 0 atom stereocenters. The number of anilines is 1.